The van der Waals surface area contributed by atoms with Crippen LogP contribution in [0.25, 0.3) is 0 Å². The molecule has 2 saturated heterocycles. The second-order valence-corrected chi connectivity index (χ2v) is 9.65. The van der Waals surface area contributed by atoms with Crippen LogP contribution in [-0.4, -0.2) is 45.9 Å². The highest BCUT2D eigenvalue weighted by atomic mass is 16.6. The van der Waals surface area contributed by atoms with Gasteiger partial charge in [0.2, 0.25) is 11.9 Å². The monoisotopic (exact) mass is 407 g/mol. The average Bonchev–Trinajstić information content (AvgIpc) is 3.15. The fourth-order valence-electron chi connectivity index (χ4n) is 5.49. The predicted molar refractivity (Wildman–Crippen MR) is 116 cm³/mol. The van der Waals surface area contributed by atoms with Gasteiger partial charge in [0, 0.05) is 12.0 Å². The molecule has 158 valence electrons. The Kier molecular flexibility index (Phi) is 4.93. The van der Waals surface area contributed by atoms with E-state index in [1.165, 1.54) is 0 Å². The second kappa shape index (κ2) is 7.20. The van der Waals surface area contributed by atoms with E-state index in [2.05, 4.69) is 25.7 Å². The first-order chi connectivity index (χ1) is 14.1. The van der Waals surface area contributed by atoms with E-state index in [9.17, 15) is 14.9 Å². The highest BCUT2D eigenvalue weighted by Crippen LogP contribution is 2.53. The Hall–Kier alpha value is -2.73. The number of hydrogen-bond donors (Lipinski definition) is 0. The summed E-state index contributed by atoms with van der Waals surface area (Å²) in [6, 6.07) is 15.5. The molecule has 6 nitrogen and oxygen atoms in total. The van der Waals surface area contributed by atoms with Gasteiger partial charge in [0.15, 0.2) is 0 Å². The fraction of sp³-hybridized carbons (Fsp3) is 0.458. The molecule has 0 bridgehead atoms. The van der Waals surface area contributed by atoms with Crippen LogP contribution < -0.4 is 0 Å². The average molecular weight is 408 g/mol. The molecule has 0 aromatic heterocycles. The van der Waals surface area contributed by atoms with Crippen molar-refractivity contribution in [3.8, 4) is 0 Å². The van der Waals surface area contributed by atoms with Gasteiger partial charge >= 0.3 is 0 Å². The fourth-order valence-corrected chi connectivity index (χ4v) is 5.49. The molecular formula is C24H29N3O3. The highest BCUT2D eigenvalue weighted by Gasteiger charge is 2.66. The van der Waals surface area contributed by atoms with Gasteiger partial charge in [-0.05, 0) is 23.5 Å². The number of rotatable bonds is 3. The normalized spacial score (nSPS) is 29.3. The lowest BCUT2D eigenvalue weighted by Crippen LogP contribution is -2.49. The lowest BCUT2D eigenvalue weighted by atomic mass is 9.84. The van der Waals surface area contributed by atoms with Crippen molar-refractivity contribution >= 4 is 5.91 Å². The summed E-state index contributed by atoms with van der Waals surface area (Å²) in [6.07, 6.45) is -0.225. The summed E-state index contributed by atoms with van der Waals surface area (Å²) in [5.74, 6) is -0.542. The molecule has 2 fully saturated rings. The molecule has 2 aromatic carbocycles. The Morgan fingerprint density at radius 1 is 0.933 bits per heavy atom. The minimum atomic E-state index is -0.900. The Morgan fingerprint density at radius 3 is 2.07 bits per heavy atom. The predicted octanol–water partition coefficient (Wildman–Crippen LogP) is 3.99. The molecule has 0 radical (unpaired) electrons. The second-order valence-electron chi connectivity index (χ2n) is 9.65. The molecule has 2 heterocycles. The highest BCUT2D eigenvalue weighted by molar-refractivity contribution is 5.86. The molecule has 30 heavy (non-hydrogen) atoms. The van der Waals surface area contributed by atoms with Gasteiger partial charge < -0.3 is 4.90 Å². The number of amides is 1. The number of carbonyl (C=O) groups is 1. The number of carbonyl (C=O) groups excluding carboxylic acids is 1. The minimum absolute atomic E-state index is 0.0368. The largest absolute Gasteiger partial charge is 0.328 e. The van der Waals surface area contributed by atoms with Gasteiger partial charge in [-0.2, -0.15) is 0 Å². The maximum atomic E-state index is 13.5. The summed E-state index contributed by atoms with van der Waals surface area (Å²) in [6.45, 7) is 8.28. The molecule has 1 amide bonds. The lowest BCUT2D eigenvalue weighted by molar-refractivity contribution is -0.529. The van der Waals surface area contributed by atoms with E-state index in [1.807, 2.05) is 68.6 Å². The number of fused-ring (bicyclic) bond motifs is 1. The summed E-state index contributed by atoms with van der Waals surface area (Å²) in [7, 11) is 1.83. The van der Waals surface area contributed by atoms with Crippen molar-refractivity contribution in [3.05, 3.63) is 81.4 Å². The zero-order valence-electron chi connectivity index (χ0n) is 18.1. The van der Waals surface area contributed by atoms with Gasteiger partial charge in [-0.25, -0.2) is 0 Å². The van der Waals surface area contributed by atoms with E-state index in [-0.39, 0.29) is 22.4 Å². The van der Waals surface area contributed by atoms with Crippen molar-refractivity contribution in [3.63, 3.8) is 0 Å². The van der Waals surface area contributed by atoms with Crippen LogP contribution >= 0.6 is 0 Å². The summed E-state index contributed by atoms with van der Waals surface area (Å²) < 4.78 is 0. The van der Waals surface area contributed by atoms with E-state index in [1.54, 1.807) is 4.90 Å². The van der Waals surface area contributed by atoms with Crippen LogP contribution in [0, 0.1) is 22.5 Å². The van der Waals surface area contributed by atoms with E-state index in [0.29, 0.717) is 0 Å². The number of likely N-dealkylation sites (N-methyl/N-ethyl adjacent to an activating group) is 1. The van der Waals surface area contributed by atoms with E-state index in [0.717, 1.165) is 16.7 Å². The molecule has 2 unspecified atom stereocenters. The molecule has 0 N–H and O–H groups in total. The number of hydrogen-bond acceptors (Lipinski definition) is 4. The molecule has 2 aliphatic heterocycles. The van der Waals surface area contributed by atoms with Crippen molar-refractivity contribution < 1.29 is 9.72 Å². The van der Waals surface area contributed by atoms with Crippen molar-refractivity contribution in [2.45, 2.75) is 57.9 Å². The summed E-state index contributed by atoms with van der Waals surface area (Å²) in [5, 5.41) is 12.5. The number of nitrogens with zero attached hydrogens (tertiary/aromatic N) is 3. The van der Waals surface area contributed by atoms with Gasteiger partial charge in [-0.15, -0.1) is 0 Å². The molecule has 4 rings (SSSR count). The first-order valence-electron chi connectivity index (χ1n) is 10.4. The van der Waals surface area contributed by atoms with Gasteiger partial charge in [-0.3, -0.25) is 19.8 Å². The topological polar surface area (TPSA) is 66.7 Å². The van der Waals surface area contributed by atoms with Crippen LogP contribution in [0.1, 0.15) is 49.4 Å². The SMILES string of the molecule is Cc1ccc([C@@H]2[C@@H]([N+](=O)[O-])[C@H](c3ccccc3)C3C(=O)N(C)C(C(C)(C)C)N32)cc1. The molecular weight excluding hydrogens is 378 g/mol. The quantitative estimate of drug-likeness (QED) is 0.570. The van der Waals surface area contributed by atoms with E-state index in [4.69, 9.17) is 0 Å². The van der Waals surface area contributed by atoms with Crippen molar-refractivity contribution in [1.82, 2.24) is 9.80 Å². The third kappa shape index (κ3) is 3.10. The lowest BCUT2D eigenvalue weighted by Gasteiger charge is -2.40. The summed E-state index contributed by atoms with van der Waals surface area (Å²) in [5.41, 5.74) is 2.59. The maximum Gasteiger partial charge on any atom is 0.241 e. The third-order valence-electron chi connectivity index (χ3n) is 6.55. The van der Waals surface area contributed by atoms with Crippen molar-refractivity contribution in [1.29, 1.82) is 0 Å². The maximum absolute atomic E-state index is 13.5. The number of benzene rings is 2. The molecule has 0 spiro atoms. The van der Waals surface area contributed by atoms with Crippen molar-refractivity contribution in [2.75, 3.05) is 7.05 Å². The van der Waals surface area contributed by atoms with Crippen LogP contribution in [0.2, 0.25) is 0 Å². The molecule has 0 aliphatic carbocycles. The first kappa shape index (κ1) is 20.5. The Bertz CT molecular complexity index is 952. The number of aryl methyl sites for hydroxylation is 1. The van der Waals surface area contributed by atoms with Crippen LogP contribution in [0.5, 0.6) is 0 Å². The Labute approximate surface area is 177 Å². The standard InChI is InChI=1S/C24H29N3O3/c1-15-11-13-17(14-12-15)19-20(27(29)30)18(16-9-7-6-8-10-16)21-22(28)25(5)23(26(19)21)24(2,3)4/h6-14,18-21,23H,1-5H3/t18-,19+,20-,21?,23?/m0/s1. The Balaban J connectivity index is 1.95. The van der Waals surface area contributed by atoms with E-state index < -0.39 is 24.0 Å². The molecule has 2 aromatic rings. The number of nitro groups is 1. The van der Waals surface area contributed by atoms with Gasteiger partial charge in [0.25, 0.3) is 0 Å². The van der Waals surface area contributed by atoms with Crippen LogP contribution in [-0.2, 0) is 4.79 Å². The zero-order valence-corrected chi connectivity index (χ0v) is 18.1. The minimum Gasteiger partial charge on any atom is -0.328 e. The van der Waals surface area contributed by atoms with Crippen molar-refractivity contribution in [2.24, 2.45) is 5.41 Å². The van der Waals surface area contributed by atoms with Crippen LogP contribution in [0.15, 0.2) is 54.6 Å². The Morgan fingerprint density at radius 2 is 1.53 bits per heavy atom. The molecule has 6 heteroatoms. The van der Waals surface area contributed by atoms with Gasteiger partial charge in [-0.1, -0.05) is 80.9 Å². The summed E-state index contributed by atoms with van der Waals surface area (Å²) >= 11 is 0. The first-order valence-corrected chi connectivity index (χ1v) is 10.4. The van der Waals surface area contributed by atoms with E-state index >= 15 is 0 Å². The smallest absolute Gasteiger partial charge is 0.241 e. The van der Waals surface area contributed by atoms with Crippen LogP contribution in [0.4, 0.5) is 0 Å². The van der Waals surface area contributed by atoms with Gasteiger partial charge in [0.1, 0.15) is 12.1 Å². The third-order valence-corrected chi connectivity index (χ3v) is 6.55. The van der Waals surface area contributed by atoms with Gasteiger partial charge in [0.05, 0.1) is 12.1 Å². The summed E-state index contributed by atoms with van der Waals surface area (Å²) in [4.78, 5) is 29.7. The molecule has 2 aliphatic rings. The molecule has 5 atom stereocenters. The van der Waals surface area contributed by atoms with Crippen LogP contribution in [0.3, 0.4) is 0 Å². The molecule has 0 saturated carbocycles. The zero-order chi connectivity index (χ0) is 21.8.